The molecule has 3 aromatic rings. The van der Waals surface area contributed by atoms with Crippen molar-refractivity contribution < 1.29 is 14.6 Å². The minimum atomic E-state index is -0.476. The maximum atomic E-state index is 11.9. The van der Waals surface area contributed by atoms with Crippen molar-refractivity contribution in [3.05, 3.63) is 66.6 Å². The number of pyridine rings is 1. The first-order valence-corrected chi connectivity index (χ1v) is 9.74. The zero-order chi connectivity index (χ0) is 20.2. The van der Waals surface area contributed by atoms with Crippen LogP contribution in [-0.2, 0) is 0 Å². The largest absolute Gasteiger partial charge is 0.440 e. The van der Waals surface area contributed by atoms with Gasteiger partial charge < -0.3 is 20.9 Å². The molecular formula is C22H24N4O3. The number of rotatable bonds is 6. The first kappa shape index (κ1) is 19.0. The highest BCUT2D eigenvalue weighted by atomic mass is 16.5. The van der Waals surface area contributed by atoms with E-state index in [4.69, 9.17) is 10.5 Å². The third-order valence-corrected chi connectivity index (χ3v) is 5.19. The number of nitrogens with one attached hydrogen (secondary N) is 1. The number of aliphatic hydroxyl groups excluding tert-OH is 1. The predicted octanol–water partition coefficient (Wildman–Crippen LogP) is 3.48. The summed E-state index contributed by atoms with van der Waals surface area (Å²) < 4.78 is 7.87. The SMILES string of the molecule is NC(=O)c1ccc(-n2cccc2Oc2ccncc2)cc1NC1CCC(O)CC1. The van der Waals surface area contributed by atoms with Crippen LogP contribution in [0.15, 0.2) is 61.1 Å². The average Bonchev–Trinajstić information content (AvgIpc) is 3.18. The van der Waals surface area contributed by atoms with Crippen molar-refractivity contribution >= 4 is 11.6 Å². The number of aliphatic hydroxyl groups is 1. The lowest BCUT2D eigenvalue weighted by Gasteiger charge is -2.28. The number of carbonyl (C=O) groups excluding carboxylic acids is 1. The topological polar surface area (TPSA) is 102 Å². The first-order chi connectivity index (χ1) is 14.1. The highest BCUT2D eigenvalue weighted by molar-refractivity contribution is 5.99. The summed E-state index contributed by atoms with van der Waals surface area (Å²) in [5, 5.41) is 13.2. The van der Waals surface area contributed by atoms with Gasteiger partial charge in [-0.05, 0) is 62.1 Å². The van der Waals surface area contributed by atoms with Gasteiger partial charge in [0.2, 0.25) is 5.88 Å². The highest BCUT2D eigenvalue weighted by Gasteiger charge is 2.21. The van der Waals surface area contributed by atoms with Crippen molar-refractivity contribution in [3.8, 4) is 17.3 Å². The summed E-state index contributed by atoms with van der Waals surface area (Å²) in [4.78, 5) is 15.9. The second-order valence-corrected chi connectivity index (χ2v) is 7.25. The lowest BCUT2D eigenvalue weighted by Crippen LogP contribution is -2.29. The molecule has 4 rings (SSSR count). The fraction of sp³-hybridized carbons (Fsp3) is 0.273. The summed E-state index contributed by atoms with van der Waals surface area (Å²) in [7, 11) is 0. The molecule has 150 valence electrons. The van der Waals surface area contributed by atoms with Crippen molar-refractivity contribution in [1.29, 1.82) is 0 Å². The Hall–Kier alpha value is -3.32. The molecule has 2 heterocycles. The Morgan fingerprint density at radius 1 is 1.14 bits per heavy atom. The number of benzene rings is 1. The van der Waals surface area contributed by atoms with Gasteiger partial charge in [-0.1, -0.05) is 0 Å². The van der Waals surface area contributed by atoms with Crippen molar-refractivity contribution in [1.82, 2.24) is 9.55 Å². The molecule has 0 radical (unpaired) electrons. The van der Waals surface area contributed by atoms with E-state index in [1.807, 2.05) is 35.0 Å². The number of primary amides is 1. The number of carbonyl (C=O) groups is 1. The second kappa shape index (κ2) is 8.36. The molecule has 0 saturated heterocycles. The molecule has 2 aromatic heterocycles. The zero-order valence-corrected chi connectivity index (χ0v) is 16.0. The molecule has 7 heteroatoms. The predicted molar refractivity (Wildman–Crippen MR) is 110 cm³/mol. The Labute approximate surface area is 169 Å². The molecular weight excluding hydrogens is 368 g/mol. The number of amides is 1. The quantitative estimate of drug-likeness (QED) is 0.596. The van der Waals surface area contributed by atoms with E-state index in [0.717, 1.165) is 31.4 Å². The molecule has 1 fully saturated rings. The van der Waals surface area contributed by atoms with Crippen LogP contribution in [0.3, 0.4) is 0 Å². The van der Waals surface area contributed by atoms with Crippen molar-refractivity contribution in [3.63, 3.8) is 0 Å². The summed E-state index contributed by atoms with van der Waals surface area (Å²) in [5.41, 5.74) is 7.58. The normalized spacial score (nSPS) is 18.9. The summed E-state index contributed by atoms with van der Waals surface area (Å²) in [6.07, 6.45) is 8.22. The molecule has 1 amide bonds. The van der Waals surface area contributed by atoms with E-state index in [0.29, 0.717) is 22.9 Å². The van der Waals surface area contributed by atoms with Gasteiger partial charge in [-0.2, -0.15) is 0 Å². The van der Waals surface area contributed by atoms with Crippen LogP contribution in [0, 0.1) is 0 Å². The molecule has 1 aromatic carbocycles. The third kappa shape index (κ3) is 4.41. The molecule has 1 aliphatic rings. The van der Waals surface area contributed by atoms with Crippen LogP contribution in [0.5, 0.6) is 11.6 Å². The fourth-order valence-corrected chi connectivity index (χ4v) is 3.65. The summed E-state index contributed by atoms with van der Waals surface area (Å²) >= 11 is 0. The Morgan fingerprint density at radius 3 is 2.62 bits per heavy atom. The fourth-order valence-electron chi connectivity index (χ4n) is 3.65. The smallest absolute Gasteiger partial charge is 0.250 e. The Kier molecular flexibility index (Phi) is 5.48. The summed E-state index contributed by atoms with van der Waals surface area (Å²) in [5.74, 6) is 0.859. The minimum absolute atomic E-state index is 0.198. The van der Waals surface area contributed by atoms with Crippen LogP contribution >= 0.6 is 0 Å². The van der Waals surface area contributed by atoms with Crippen LogP contribution in [0.25, 0.3) is 5.69 Å². The summed E-state index contributed by atoms with van der Waals surface area (Å²) in [6, 6.07) is 13.0. The van der Waals surface area contributed by atoms with Gasteiger partial charge in [0.15, 0.2) is 0 Å². The lowest BCUT2D eigenvalue weighted by atomic mass is 9.92. The van der Waals surface area contributed by atoms with Gasteiger partial charge in [-0.25, -0.2) is 0 Å². The van der Waals surface area contributed by atoms with Gasteiger partial charge >= 0.3 is 0 Å². The number of hydrogen-bond acceptors (Lipinski definition) is 5. The number of nitrogens with zero attached hydrogens (tertiary/aromatic N) is 2. The Balaban J connectivity index is 1.62. The van der Waals surface area contributed by atoms with E-state index < -0.39 is 5.91 Å². The van der Waals surface area contributed by atoms with E-state index in [1.165, 1.54) is 0 Å². The third-order valence-electron chi connectivity index (χ3n) is 5.19. The molecule has 0 atom stereocenters. The van der Waals surface area contributed by atoms with E-state index in [-0.39, 0.29) is 12.1 Å². The molecule has 0 spiro atoms. The zero-order valence-electron chi connectivity index (χ0n) is 16.0. The number of ether oxygens (including phenoxy) is 1. The number of anilines is 1. The van der Waals surface area contributed by atoms with Crippen molar-refractivity contribution in [2.24, 2.45) is 5.73 Å². The molecule has 1 aliphatic carbocycles. The second-order valence-electron chi connectivity index (χ2n) is 7.25. The van der Waals surface area contributed by atoms with Gasteiger partial charge in [-0.3, -0.25) is 14.3 Å². The molecule has 0 bridgehead atoms. The van der Waals surface area contributed by atoms with Gasteiger partial charge in [-0.15, -0.1) is 0 Å². The molecule has 0 unspecified atom stereocenters. The number of aromatic nitrogens is 2. The first-order valence-electron chi connectivity index (χ1n) is 9.74. The van der Waals surface area contributed by atoms with Gasteiger partial charge in [0.1, 0.15) is 5.75 Å². The van der Waals surface area contributed by atoms with E-state index in [1.54, 1.807) is 30.6 Å². The number of nitrogens with two attached hydrogens (primary N) is 1. The van der Waals surface area contributed by atoms with Crippen LogP contribution in [0.4, 0.5) is 5.69 Å². The van der Waals surface area contributed by atoms with Crippen LogP contribution in [-0.4, -0.2) is 32.7 Å². The molecule has 29 heavy (non-hydrogen) atoms. The van der Waals surface area contributed by atoms with Gasteiger partial charge in [0, 0.05) is 36.4 Å². The highest BCUT2D eigenvalue weighted by Crippen LogP contribution is 2.29. The van der Waals surface area contributed by atoms with Crippen LogP contribution in [0.1, 0.15) is 36.0 Å². The minimum Gasteiger partial charge on any atom is -0.440 e. The number of hydrogen-bond donors (Lipinski definition) is 3. The van der Waals surface area contributed by atoms with Crippen molar-refractivity contribution in [2.75, 3.05) is 5.32 Å². The Bertz CT molecular complexity index is 979. The average molecular weight is 392 g/mol. The standard InChI is InChI=1S/C22H24N4O3/c23-22(28)19-8-5-16(14-20(19)25-15-3-6-17(27)7-4-15)26-13-1-2-21(26)29-18-9-11-24-12-10-18/h1-2,5,8-15,17,25,27H,3-4,6-7H2,(H2,23,28). The van der Waals surface area contributed by atoms with Crippen molar-refractivity contribution in [2.45, 2.75) is 37.8 Å². The molecule has 7 nitrogen and oxygen atoms in total. The molecule has 1 saturated carbocycles. The van der Waals surface area contributed by atoms with Gasteiger partial charge in [0.05, 0.1) is 17.4 Å². The van der Waals surface area contributed by atoms with Crippen LogP contribution < -0.4 is 15.8 Å². The van der Waals surface area contributed by atoms with E-state index in [9.17, 15) is 9.90 Å². The van der Waals surface area contributed by atoms with E-state index in [2.05, 4.69) is 10.3 Å². The van der Waals surface area contributed by atoms with Crippen LogP contribution in [0.2, 0.25) is 0 Å². The lowest BCUT2D eigenvalue weighted by molar-refractivity contribution is 0.100. The van der Waals surface area contributed by atoms with E-state index >= 15 is 0 Å². The van der Waals surface area contributed by atoms with Gasteiger partial charge in [0.25, 0.3) is 5.91 Å². The monoisotopic (exact) mass is 392 g/mol. The maximum Gasteiger partial charge on any atom is 0.250 e. The summed E-state index contributed by atoms with van der Waals surface area (Å²) in [6.45, 7) is 0. The molecule has 0 aliphatic heterocycles. The Morgan fingerprint density at radius 2 is 1.90 bits per heavy atom. The molecule has 4 N–H and O–H groups in total. The maximum absolute atomic E-state index is 11.9.